The Morgan fingerprint density at radius 1 is 1.06 bits per heavy atom. The number of para-hydroxylation sites is 1. The predicted molar refractivity (Wildman–Crippen MR) is 121 cm³/mol. The summed E-state index contributed by atoms with van der Waals surface area (Å²) in [5.74, 6) is -0.379. The average Bonchev–Trinajstić information content (AvgIpc) is 3.24. The number of fused-ring (bicyclic) bond motifs is 1. The molecule has 9 heteroatoms. The third-order valence-corrected chi connectivity index (χ3v) is 4.75. The number of nitro benzene ring substituents is 1. The molecule has 0 aliphatic carbocycles. The van der Waals surface area contributed by atoms with E-state index in [0.717, 1.165) is 16.6 Å². The lowest BCUT2D eigenvalue weighted by atomic mass is 10.1. The maximum atomic E-state index is 12.5. The Bertz CT molecular complexity index is 1330. The molecular formula is C22H16N4O4S. The van der Waals surface area contributed by atoms with Gasteiger partial charge in [0.25, 0.3) is 11.6 Å². The topological polar surface area (TPSA) is 110 Å². The van der Waals surface area contributed by atoms with Crippen LogP contribution < -0.4 is 10.6 Å². The van der Waals surface area contributed by atoms with Crippen molar-refractivity contribution in [2.24, 2.45) is 0 Å². The smallest absolute Gasteiger partial charge is 0.293 e. The first-order chi connectivity index (χ1) is 14.9. The molecule has 0 atom stereocenters. The van der Waals surface area contributed by atoms with Crippen LogP contribution in [0.5, 0.6) is 0 Å². The van der Waals surface area contributed by atoms with E-state index in [1.54, 1.807) is 18.2 Å². The van der Waals surface area contributed by atoms with Crippen molar-refractivity contribution in [3.8, 4) is 11.3 Å². The van der Waals surface area contributed by atoms with Gasteiger partial charge in [0.2, 0.25) is 0 Å². The molecule has 1 amide bonds. The number of hydrogen-bond acceptors (Lipinski definition) is 6. The first-order valence-corrected chi connectivity index (χ1v) is 9.65. The summed E-state index contributed by atoms with van der Waals surface area (Å²) < 4.78 is 5.54. The Hall–Kier alpha value is -4.11. The van der Waals surface area contributed by atoms with Gasteiger partial charge in [-0.2, -0.15) is 0 Å². The third-order valence-electron chi connectivity index (χ3n) is 4.54. The number of pyridine rings is 1. The summed E-state index contributed by atoms with van der Waals surface area (Å²) in [5, 5.41) is 17.7. The van der Waals surface area contributed by atoms with Gasteiger partial charge in [0.15, 0.2) is 10.9 Å². The van der Waals surface area contributed by atoms with Gasteiger partial charge in [-0.1, -0.05) is 18.2 Å². The molecular weight excluding hydrogens is 416 g/mol. The monoisotopic (exact) mass is 432 g/mol. The fourth-order valence-corrected chi connectivity index (χ4v) is 3.33. The first kappa shape index (κ1) is 20.2. The van der Waals surface area contributed by atoms with Crippen molar-refractivity contribution in [2.75, 3.05) is 5.32 Å². The number of nitrogens with one attached hydrogen (secondary N) is 2. The summed E-state index contributed by atoms with van der Waals surface area (Å²) in [6.07, 6.45) is 0. The molecule has 0 spiro atoms. The summed E-state index contributed by atoms with van der Waals surface area (Å²) in [4.78, 5) is 27.7. The SMILES string of the molecule is Cc1ccc2c(NC(=S)NC(=O)c3ccc(-c4ccccc4[N+](=O)[O-])o3)cccc2n1. The van der Waals surface area contributed by atoms with Crippen LogP contribution >= 0.6 is 12.2 Å². The Labute approximate surface area is 182 Å². The quantitative estimate of drug-likeness (QED) is 0.270. The van der Waals surface area contributed by atoms with Gasteiger partial charge in [0.1, 0.15) is 5.76 Å². The van der Waals surface area contributed by atoms with E-state index in [1.165, 1.54) is 18.2 Å². The Morgan fingerprint density at radius 2 is 1.87 bits per heavy atom. The molecule has 31 heavy (non-hydrogen) atoms. The van der Waals surface area contributed by atoms with E-state index in [-0.39, 0.29) is 27.9 Å². The number of carbonyl (C=O) groups is 1. The Morgan fingerprint density at radius 3 is 2.68 bits per heavy atom. The van der Waals surface area contributed by atoms with Crippen LogP contribution in [0.25, 0.3) is 22.2 Å². The van der Waals surface area contributed by atoms with Crippen molar-refractivity contribution in [1.82, 2.24) is 10.3 Å². The largest absolute Gasteiger partial charge is 0.451 e. The van der Waals surface area contributed by atoms with Crippen LogP contribution in [-0.4, -0.2) is 20.9 Å². The zero-order valence-electron chi connectivity index (χ0n) is 16.3. The van der Waals surface area contributed by atoms with Gasteiger partial charge in [0.05, 0.1) is 16.0 Å². The minimum atomic E-state index is -0.573. The lowest BCUT2D eigenvalue weighted by molar-refractivity contribution is -0.384. The molecule has 0 aliphatic heterocycles. The van der Waals surface area contributed by atoms with Crippen LogP contribution in [0.3, 0.4) is 0 Å². The first-order valence-electron chi connectivity index (χ1n) is 9.25. The molecule has 4 aromatic rings. The zero-order valence-corrected chi connectivity index (χ0v) is 17.1. The van der Waals surface area contributed by atoms with E-state index in [2.05, 4.69) is 15.6 Å². The van der Waals surface area contributed by atoms with Crippen molar-refractivity contribution in [1.29, 1.82) is 0 Å². The minimum absolute atomic E-state index is 0.0208. The highest BCUT2D eigenvalue weighted by Gasteiger charge is 2.19. The molecule has 0 bridgehead atoms. The summed E-state index contributed by atoms with van der Waals surface area (Å²) in [5.41, 5.74) is 2.58. The lowest BCUT2D eigenvalue weighted by Gasteiger charge is -2.11. The second-order valence-electron chi connectivity index (χ2n) is 6.67. The number of nitro groups is 1. The number of furan rings is 1. The summed E-state index contributed by atoms with van der Waals surface area (Å²) >= 11 is 5.26. The molecule has 4 rings (SSSR count). The van der Waals surface area contributed by atoms with Gasteiger partial charge in [-0.15, -0.1) is 0 Å². The summed E-state index contributed by atoms with van der Waals surface area (Å²) in [6.45, 7) is 1.91. The summed E-state index contributed by atoms with van der Waals surface area (Å²) in [7, 11) is 0. The van der Waals surface area contributed by atoms with E-state index in [4.69, 9.17) is 16.6 Å². The fraction of sp³-hybridized carbons (Fsp3) is 0.0455. The van der Waals surface area contributed by atoms with E-state index in [1.807, 2.05) is 37.3 Å². The molecule has 0 unspecified atom stereocenters. The Balaban J connectivity index is 1.50. The highest BCUT2D eigenvalue weighted by molar-refractivity contribution is 7.80. The van der Waals surface area contributed by atoms with Crippen LogP contribution in [0.2, 0.25) is 0 Å². The number of rotatable bonds is 4. The van der Waals surface area contributed by atoms with Gasteiger partial charge in [-0.25, -0.2) is 0 Å². The van der Waals surface area contributed by atoms with Crippen molar-refractivity contribution in [3.63, 3.8) is 0 Å². The highest BCUT2D eigenvalue weighted by Crippen LogP contribution is 2.30. The molecule has 0 fully saturated rings. The number of aromatic nitrogens is 1. The van der Waals surface area contributed by atoms with Crippen LogP contribution in [0.1, 0.15) is 16.2 Å². The zero-order chi connectivity index (χ0) is 22.0. The van der Waals surface area contributed by atoms with Crippen LogP contribution in [0.4, 0.5) is 11.4 Å². The van der Waals surface area contributed by atoms with Crippen molar-refractivity contribution in [3.05, 3.63) is 88.3 Å². The second-order valence-corrected chi connectivity index (χ2v) is 7.08. The van der Waals surface area contributed by atoms with E-state index in [9.17, 15) is 14.9 Å². The van der Waals surface area contributed by atoms with Gasteiger partial charge in [0, 0.05) is 22.8 Å². The number of benzene rings is 2. The number of anilines is 1. The molecule has 8 nitrogen and oxygen atoms in total. The maximum absolute atomic E-state index is 12.5. The minimum Gasteiger partial charge on any atom is -0.451 e. The van der Waals surface area contributed by atoms with Crippen molar-refractivity contribution in [2.45, 2.75) is 6.92 Å². The predicted octanol–water partition coefficient (Wildman–Crippen LogP) is 4.84. The number of thiocarbonyl (C=S) groups is 1. The molecule has 0 saturated heterocycles. The normalized spacial score (nSPS) is 10.6. The molecule has 2 heterocycles. The maximum Gasteiger partial charge on any atom is 0.293 e. The van der Waals surface area contributed by atoms with Crippen LogP contribution in [0, 0.1) is 17.0 Å². The Kier molecular flexibility index (Phi) is 5.42. The molecule has 0 aliphatic rings. The molecule has 154 valence electrons. The summed E-state index contributed by atoms with van der Waals surface area (Å²) in [6, 6.07) is 18.5. The number of aryl methyl sites for hydroxylation is 1. The van der Waals surface area contributed by atoms with Crippen LogP contribution in [0.15, 0.2) is 71.1 Å². The highest BCUT2D eigenvalue weighted by atomic mass is 32.1. The molecule has 2 aromatic heterocycles. The molecule has 0 saturated carbocycles. The number of carbonyl (C=O) groups excluding carboxylic acids is 1. The van der Waals surface area contributed by atoms with Gasteiger partial charge < -0.3 is 9.73 Å². The van der Waals surface area contributed by atoms with Gasteiger partial charge in [-0.3, -0.25) is 25.2 Å². The lowest BCUT2D eigenvalue weighted by Crippen LogP contribution is -2.33. The molecule has 2 N–H and O–H groups in total. The average molecular weight is 432 g/mol. The number of amides is 1. The number of nitrogens with zero attached hydrogens (tertiary/aromatic N) is 2. The third kappa shape index (κ3) is 4.26. The van der Waals surface area contributed by atoms with Crippen molar-refractivity contribution >= 4 is 45.5 Å². The standard InChI is InChI=1S/C22H16N4O4S/c1-13-9-10-14-16(23-13)6-4-7-17(14)24-22(31)25-21(27)20-12-11-19(30-20)15-5-2-3-8-18(15)26(28)29/h2-12H,1H3,(H2,24,25,27,31). The van der Waals surface area contributed by atoms with E-state index < -0.39 is 10.8 Å². The molecule has 2 aromatic carbocycles. The number of hydrogen-bond donors (Lipinski definition) is 2. The fourth-order valence-electron chi connectivity index (χ4n) is 3.13. The van der Waals surface area contributed by atoms with Crippen molar-refractivity contribution < 1.29 is 14.1 Å². The molecule has 0 radical (unpaired) electrons. The van der Waals surface area contributed by atoms with Gasteiger partial charge >= 0.3 is 0 Å². The second kappa shape index (κ2) is 8.33. The van der Waals surface area contributed by atoms with E-state index in [0.29, 0.717) is 5.69 Å². The van der Waals surface area contributed by atoms with Crippen LogP contribution in [-0.2, 0) is 0 Å². The van der Waals surface area contributed by atoms with Gasteiger partial charge in [-0.05, 0) is 61.6 Å². The van der Waals surface area contributed by atoms with E-state index >= 15 is 0 Å².